The van der Waals surface area contributed by atoms with Crippen molar-refractivity contribution >= 4 is 0 Å². The van der Waals surface area contributed by atoms with Gasteiger partial charge in [-0.15, -0.1) is 0 Å². The molecule has 0 aromatic heterocycles. The van der Waals surface area contributed by atoms with Crippen molar-refractivity contribution in [2.24, 2.45) is 46.3 Å². The predicted octanol–water partition coefficient (Wildman–Crippen LogP) is 2.93. The van der Waals surface area contributed by atoms with Crippen molar-refractivity contribution in [3.05, 3.63) is 0 Å². The highest BCUT2D eigenvalue weighted by atomic mass is 16.3. The normalized spacial score (nSPS) is 67.1. The predicted molar refractivity (Wildman–Crippen MR) is 63.8 cm³/mol. The highest BCUT2D eigenvalue weighted by molar-refractivity contribution is 5.33. The van der Waals surface area contributed by atoms with Gasteiger partial charge < -0.3 is 5.11 Å². The molecule has 5 unspecified atom stereocenters. The van der Waals surface area contributed by atoms with Crippen LogP contribution in [0.15, 0.2) is 0 Å². The molecule has 0 spiro atoms. The molecule has 5 fully saturated rings. The van der Waals surface area contributed by atoms with Crippen LogP contribution in [0, 0.1) is 46.3 Å². The molecule has 5 aliphatic rings. The van der Waals surface area contributed by atoms with Gasteiger partial charge in [0.15, 0.2) is 0 Å². The second kappa shape index (κ2) is 2.53. The Morgan fingerprint density at radius 2 is 2.06 bits per heavy atom. The van der Waals surface area contributed by atoms with E-state index < -0.39 is 0 Å². The van der Waals surface area contributed by atoms with Crippen molar-refractivity contribution in [3.63, 3.8) is 0 Å². The minimum Gasteiger partial charge on any atom is -0.396 e. The van der Waals surface area contributed by atoms with Gasteiger partial charge in [0.25, 0.3) is 0 Å². The molecule has 0 radical (unpaired) electrons. The number of aliphatic hydroxyl groups is 1. The van der Waals surface area contributed by atoms with Crippen LogP contribution in [0.1, 0.15) is 40.0 Å². The molecule has 0 heterocycles. The minimum absolute atomic E-state index is 0.401. The Labute approximate surface area is 98.6 Å². The van der Waals surface area contributed by atoms with E-state index in [9.17, 15) is 5.11 Å². The summed E-state index contributed by atoms with van der Waals surface area (Å²) in [6.45, 7) is 7.83. The lowest BCUT2D eigenvalue weighted by molar-refractivity contribution is 0.0302. The summed E-state index contributed by atoms with van der Waals surface area (Å²) in [5.74, 6) is 5.49. The summed E-state index contributed by atoms with van der Waals surface area (Å²) in [4.78, 5) is 0. The van der Waals surface area contributed by atoms with Gasteiger partial charge in [-0.2, -0.15) is 0 Å². The lowest BCUT2D eigenvalue weighted by Gasteiger charge is -2.44. The van der Waals surface area contributed by atoms with Crippen molar-refractivity contribution in [2.75, 3.05) is 6.61 Å². The Bertz CT molecular complexity index is 351. The first-order valence-corrected chi connectivity index (χ1v) is 7.16. The smallest absolute Gasteiger partial charge is 0.0459 e. The Morgan fingerprint density at radius 3 is 2.69 bits per heavy atom. The van der Waals surface area contributed by atoms with Crippen LogP contribution in [0.4, 0.5) is 0 Å². The highest BCUT2D eigenvalue weighted by Gasteiger charge is 2.86. The zero-order valence-electron chi connectivity index (χ0n) is 10.7. The number of hydrogen-bond acceptors (Lipinski definition) is 1. The molecule has 0 aliphatic heterocycles. The van der Waals surface area contributed by atoms with Gasteiger partial charge in [0.1, 0.15) is 0 Å². The van der Waals surface area contributed by atoms with Gasteiger partial charge in [0, 0.05) is 6.61 Å². The SMILES string of the molecule is C[C@H](CO)[C@H]1CCC2(C)C3CC4C([C@@H]31)C42C. The third-order valence-corrected chi connectivity index (χ3v) is 7.73. The topological polar surface area (TPSA) is 20.2 Å². The average molecular weight is 220 g/mol. The van der Waals surface area contributed by atoms with Crippen molar-refractivity contribution in [2.45, 2.75) is 40.0 Å². The van der Waals surface area contributed by atoms with E-state index in [0.717, 1.165) is 29.6 Å². The van der Waals surface area contributed by atoms with Crippen molar-refractivity contribution in [3.8, 4) is 0 Å². The van der Waals surface area contributed by atoms with Gasteiger partial charge in [-0.25, -0.2) is 0 Å². The first-order valence-electron chi connectivity index (χ1n) is 7.16. The average Bonchev–Trinajstić information content (AvgIpc) is 2.58. The molecule has 1 nitrogen and oxygen atoms in total. The first-order chi connectivity index (χ1) is 7.55. The first kappa shape index (κ1) is 9.94. The third-order valence-electron chi connectivity index (χ3n) is 7.73. The van der Waals surface area contributed by atoms with E-state index in [1.54, 1.807) is 0 Å². The molecular weight excluding hydrogens is 196 g/mol. The van der Waals surface area contributed by atoms with Crippen LogP contribution < -0.4 is 0 Å². The quantitative estimate of drug-likeness (QED) is 0.758. The van der Waals surface area contributed by atoms with Gasteiger partial charge in [0.05, 0.1) is 0 Å². The molecule has 0 aromatic rings. The second-order valence-corrected chi connectivity index (χ2v) is 7.61. The van der Waals surface area contributed by atoms with Gasteiger partial charge in [-0.3, -0.25) is 0 Å². The van der Waals surface area contributed by atoms with Gasteiger partial charge in [-0.1, -0.05) is 20.8 Å². The summed E-state index contributed by atoms with van der Waals surface area (Å²) in [6, 6.07) is 0. The molecule has 1 heteroatoms. The molecule has 8 atom stereocenters. The highest BCUT2D eigenvalue weighted by Crippen LogP contribution is 2.91. The van der Waals surface area contributed by atoms with Crippen LogP contribution in [-0.4, -0.2) is 11.7 Å². The zero-order chi connectivity index (χ0) is 11.3. The summed E-state index contributed by atoms with van der Waals surface area (Å²) >= 11 is 0. The fraction of sp³-hybridized carbons (Fsp3) is 1.00. The fourth-order valence-electron chi connectivity index (χ4n) is 6.74. The van der Waals surface area contributed by atoms with E-state index in [-0.39, 0.29) is 0 Å². The molecule has 6 bridgehead atoms. The van der Waals surface area contributed by atoms with Crippen LogP contribution in [0.25, 0.3) is 0 Å². The van der Waals surface area contributed by atoms with E-state index in [2.05, 4.69) is 20.8 Å². The monoisotopic (exact) mass is 220 g/mol. The van der Waals surface area contributed by atoms with E-state index in [4.69, 9.17) is 0 Å². The molecule has 5 aliphatic carbocycles. The van der Waals surface area contributed by atoms with Gasteiger partial charge in [-0.05, 0) is 65.6 Å². The van der Waals surface area contributed by atoms with E-state index >= 15 is 0 Å². The molecule has 0 amide bonds. The summed E-state index contributed by atoms with van der Waals surface area (Å²) in [6.07, 6.45) is 4.35. The number of hydrogen-bond donors (Lipinski definition) is 1. The van der Waals surface area contributed by atoms with Crippen LogP contribution in [-0.2, 0) is 0 Å². The van der Waals surface area contributed by atoms with Crippen LogP contribution in [0.2, 0.25) is 0 Å². The summed E-state index contributed by atoms with van der Waals surface area (Å²) in [7, 11) is 0. The van der Waals surface area contributed by atoms with Crippen LogP contribution >= 0.6 is 0 Å². The maximum absolute atomic E-state index is 9.44. The molecule has 5 saturated carbocycles. The molecule has 5 rings (SSSR count). The third kappa shape index (κ3) is 0.723. The summed E-state index contributed by atoms with van der Waals surface area (Å²) in [5.41, 5.74) is 1.39. The standard InChI is InChI=1S/C15H24O/c1-8(7-16)9-4-5-14(2)10-6-11-13(12(9)10)15(11,14)3/h8-13,16H,4-7H2,1-3H3/t8-,9-,10?,11?,12-,13?,14?,15?/m1/s1. The maximum Gasteiger partial charge on any atom is 0.0459 e. The molecular formula is C15H24O. The van der Waals surface area contributed by atoms with Crippen molar-refractivity contribution in [1.82, 2.24) is 0 Å². The number of aliphatic hydroxyl groups excluding tert-OH is 1. The second-order valence-electron chi connectivity index (χ2n) is 7.61. The Balaban J connectivity index is 1.73. The molecule has 0 saturated heterocycles. The molecule has 0 aromatic carbocycles. The molecule has 90 valence electrons. The maximum atomic E-state index is 9.44. The Hall–Kier alpha value is -0.0400. The molecule has 16 heavy (non-hydrogen) atoms. The summed E-state index contributed by atoms with van der Waals surface area (Å²) in [5, 5.41) is 9.44. The lowest BCUT2D eigenvalue weighted by atomic mass is 9.61. The lowest BCUT2D eigenvalue weighted by Crippen LogP contribution is -2.38. The Morgan fingerprint density at radius 1 is 1.31 bits per heavy atom. The van der Waals surface area contributed by atoms with Crippen LogP contribution in [0.5, 0.6) is 0 Å². The summed E-state index contributed by atoms with van der Waals surface area (Å²) < 4.78 is 0. The van der Waals surface area contributed by atoms with Crippen molar-refractivity contribution in [1.29, 1.82) is 0 Å². The van der Waals surface area contributed by atoms with Crippen molar-refractivity contribution < 1.29 is 5.11 Å². The van der Waals surface area contributed by atoms with Gasteiger partial charge in [0.2, 0.25) is 0 Å². The molecule has 1 N–H and O–H groups in total. The zero-order valence-corrected chi connectivity index (χ0v) is 10.7. The largest absolute Gasteiger partial charge is 0.396 e. The van der Waals surface area contributed by atoms with E-state index in [1.807, 2.05) is 0 Å². The fourth-order valence-corrected chi connectivity index (χ4v) is 6.74. The van der Waals surface area contributed by atoms with Gasteiger partial charge >= 0.3 is 0 Å². The minimum atomic E-state index is 0.401. The Kier molecular flexibility index (Phi) is 1.57. The number of rotatable bonds is 2. The van der Waals surface area contributed by atoms with E-state index in [0.29, 0.717) is 23.4 Å². The van der Waals surface area contributed by atoms with E-state index in [1.165, 1.54) is 19.3 Å². The van der Waals surface area contributed by atoms with Crippen LogP contribution in [0.3, 0.4) is 0 Å².